The number of nitrogens with zero attached hydrogens (tertiary/aromatic N) is 3. The fourth-order valence-corrected chi connectivity index (χ4v) is 3.95. The standard InChI is InChI=1S/C27H28ClN3O5/c1-4-11-35-26-23-27(30-21(29-26)15-18-7-9-20(28)10-8-18)36-25(31-23)19-13-16(2)24(17(3)14-19)34-12-5-6-22(32)33/h7-10,13-14H,4-6,11-12,15H2,1-3H3,(H,32,33). The molecular weight excluding hydrogens is 482 g/mol. The second-order valence-electron chi connectivity index (χ2n) is 8.55. The molecule has 0 aliphatic rings. The first-order valence-electron chi connectivity index (χ1n) is 11.8. The van der Waals surface area contributed by atoms with Crippen LogP contribution in [0.2, 0.25) is 5.02 Å². The second kappa shape index (κ2) is 11.4. The van der Waals surface area contributed by atoms with Crippen molar-refractivity contribution in [1.29, 1.82) is 0 Å². The van der Waals surface area contributed by atoms with Crippen LogP contribution in [-0.2, 0) is 11.2 Å². The summed E-state index contributed by atoms with van der Waals surface area (Å²) < 4.78 is 17.8. The van der Waals surface area contributed by atoms with Crippen LogP contribution in [0, 0.1) is 13.8 Å². The molecule has 0 unspecified atom stereocenters. The zero-order valence-electron chi connectivity index (χ0n) is 20.5. The lowest BCUT2D eigenvalue weighted by atomic mass is 10.1. The largest absolute Gasteiger partial charge is 0.493 e. The van der Waals surface area contributed by atoms with Gasteiger partial charge in [0.15, 0.2) is 5.52 Å². The first-order chi connectivity index (χ1) is 17.3. The van der Waals surface area contributed by atoms with Gasteiger partial charge in [0.1, 0.15) is 11.6 Å². The van der Waals surface area contributed by atoms with Gasteiger partial charge in [0.2, 0.25) is 11.8 Å². The van der Waals surface area contributed by atoms with Crippen LogP contribution in [0.15, 0.2) is 40.8 Å². The Balaban J connectivity index is 1.64. The molecule has 8 nitrogen and oxygen atoms in total. The smallest absolute Gasteiger partial charge is 0.303 e. The van der Waals surface area contributed by atoms with Gasteiger partial charge in [-0.05, 0) is 67.6 Å². The Morgan fingerprint density at radius 3 is 2.42 bits per heavy atom. The first kappa shape index (κ1) is 25.4. The SMILES string of the molecule is CCCOc1nc(Cc2ccc(Cl)cc2)nc2oc(-c3cc(C)c(OCCCC(=O)O)c(C)c3)nc12. The van der Waals surface area contributed by atoms with Gasteiger partial charge < -0.3 is 19.0 Å². The Kier molecular flexibility index (Phi) is 8.05. The number of aromatic nitrogens is 3. The maximum atomic E-state index is 10.7. The molecule has 0 fully saturated rings. The van der Waals surface area contributed by atoms with Gasteiger partial charge in [-0.25, -0.2) is 4.98 Å². The van der Waals surface area contributed by atoms with E-state index in [1.54, 1.807) is 0 Å². The highest BCUT2D eigenvalue weighted by Gasteiger charge is 2.19. The lowest BCUT2D eigenvalue weighted by Gasteiger charge is -2.13. The molecule has 0 aliphatic heterocycles. The Morgan fingerprint density at radius 1 is 1.03 bits per heavy atom. The maximum absolute atomic E-state index is 10.7. The number of fused-ring (bicyclic) bond motifs is 1. The van der Waals surface area contributed by atoms with Gasteiger partial charge in [-0.1, -0.05) is 30.7 Å². The number of oxazole rings is 1. The van der Waals surface area contributed by atoms with Crippen molar-refractivity contribution in [3.8, 4) is 23.1 Å². The maximum Gasteiger partial charge on any atom is 0.303 e. The van der Waals surface area contributed by atoms with E-state index in [2.05, 4.69) is 15.0 Å². The number of carboxylic acids is 1. The minimum atomic E-state index is -0.833. The molecule has 0 bridgehead atoms. The zero-order chi connectivity index (χ0) is 25.7. The van der Waals surface area contributed by atoms with E-state index in [0.29, 0.717) is 59.9 Å². The molecule has 0 saturated heterocycles. The summed E-state index contributed by atoms with van der Waals surface area (Å²) in [6.07, 6.45) is 1.84. The van der Waals surface area contributed by atoms with E-state index >= 15 is 0 Å². The van der Waals surface area contributed by atoms with Crippen LogP contribution in [0.25, 0.3) is 22.7 Å². The van der Waals surface area contributed by atoms with Crippen molar-refractivity contribution in [3.05, 3.63) is 63.9 Å². The molecule has 4 aromatic rings. The molecule has 188 valence electrons. The summed E-state index contributed by atoms with van der Waals surface area (Å²) >= 11 is 6.01. The number of halogens is 1. The van der Waals surface area contributed by atoms with Gasteiger partial charge in [0, 0.05) is 23.4 Å². The molecule has 36 heavy (non-hydrogen) atoms. The molecule has 4 rings (SSSR count). The molecule has 1 N–H and O–H groups in total. The number of ether oxygens (including phenoxy) is 2. The molecule has 2 aromatic heterocycles. The second-order valence-corrected chi connectivity index (χ2v) is 8.99. The van der Waals surface area contributed by atoms with Crippen LogP contribution in [0.3, 0.4) is 0 Å². The van der Waals surface area contributed by atoms with Crippen molar-refractivity contribution in [1.82, 2.24) is 15.0 Å². The van der Waals surface area contributed by atoms with Gasteiger partial charge in [0.05, 0.1) is 13.2 Å². The molecule has 0 amide bonds. The Bertz CT molecular complexity index is 1350. The molecule has 2 heterocycles. The third-order valence-corrected chi connectivity index (χ3v) is 5.73. The van der Waals surface area contributed by atoms with Crippen molar-refractivity contribution in [2.24, 2.45) is 0 Å². The summed E-state index contributed by atoms with van der Waals surface area (Å²) in [5.74, 6) is 1.27. The number of benzene rings is 2. The number of hydrogen-bond acceptors (Lipinski definition) is 7. The van der Waals surface area contributed by atoms with E-state index in [0.717, 1.165) is 34.4 Å². The van der Waals surface area contributed by atoms with Gasteiger partial charge in [-0.3, -0.25) is 4.79 Å². The van der Waals surface area contributed by atoms with E-state index in [9.17, 15) is 4.79 Å². The van der Waals surface area contributed by atoms with Crippen molar-refractivity contribution >= 4 is 28.8 Å². The fraction of sp³-hybridized carbons (Fsp3) is 0.333. The number of carbonyl (C=O) groups is 1. The highest BCUT2D eigenvalue weighted by atomic mass is 35.5. The van der Waals surface area contributed by atoms with Crippen molar-refractivity contribution in [3.63, 3.8) is 0 Å². The number of aliphatic carboxylic acids is 1. The third kappa shape index (κ3) is 6.12. The van der Waals surface area contributed by atoms with Crippen LogP contribution < -0.4 is 9.47 Å². The van der Waals surface area contributed by atoms with Crippen molar-refractivity contribution < 1.29 is 23.8 Å². The Morgan fingerprint density at radius 2 is 1.75 bits per heavy atom. The van der Waals surface area contributed by atoms with Gasteiger partial charge in [0.25, 0.3) is 5.71 Å². The quantitative estimate of drug-likeness (QED) is 0.239. The average Bonchev–Trinajstić information content (AvgIpc) is 3.27. The number of aryl methyl sites for hydroxylation is 2. The van der Waals surface area contributed by atoms with Gasteiger partial charge >= 0.3 is 5.97 Å². The van der Waals surface area contributed by atoms with Crippen molar-refractivity contribution in [2.75, 3.05) is 13.2 Å². The van der Waals surface area contributed by atoms with Gasteiger partial charge in [-0.15, -0.1) is 0 Å². The molecule has 0 radical (unpaired) electrons. The normalized spacial score (nSPS) is 11.1. The Hall–Kier alpha value is -3.65. The summed E-state index contributed by atoms with van der Waals surface area (Å²) in [5, 5.41) is 9.48. The zero-order valence-corrected chi connectivity index (χ0v) is 21.3. The molecule has 0 spiro atoms. The monoisotopic (exact) mass is 509 g/mol. The summed E-state index contributed by atoms with van der Waals surface area (Å²) in [4.78, 5) is 24.6. The fourth-order valence-electron chi connectivity index (χ4n) is 3.83. The minimum Gasteiger partial charge on any atom is -0.493 e. The molecular formula is C27H28ClN3O5. The van der Waals surface area contributed by atoms with E-state index in [1.807, 2.05) is 57.2 Å². The molecule has 9 heteroatoms. The van der Waals surface area contributed by atoms with Gasteiger partial charge in [-0.2, -0.15) is 9.97 Å². The third-order valence-electron chi connectivity index (χ3n) is 5.48. The summed E-state index contributed by atoms with van der Waals surface area (Å²) in [6, 6.07) is 11.4. The van der Waals surface area contributed by atoms with Crippen molar-refractivity contribution in [2.45, 2.75) is 46.5 Å². The highest BCUT2D eigenvalue weighted by molar-refractivity contribution is 6.30. The van der Waals surface area contributed by atoms with E-state index in [-0.39, 0.29) is 6.42 Å². The molecule has 0 saturated carbocycles. The van der Waals surface area contributed by atoms with Crippen LogP contribution in [0.4, 0.5) is 0 Å². The Labute approximate surface area is 214 Å². The topological polar surface area (TPSA) is 108 Å². The van der Waals surface area contributed by atoms with E-state index in [1.165, 1.54) is 0 Å². The first-order valence-corrected chi connectivity index (χ1v) is 12.2. The number of rotatable bonds is 11. The van der Waals surface area contributed by atoms with Crippen LogP contribution in [0.1, 0.15) is 48.7 Å². The average molecular weight is 510 g/mol. The molecule has 0 atom stereocenters. The van der Waals surface area contributed by atoms with E-state index in [4.69, 9.17) is 30.6 Å². The molecule has 0 aliphatic carbocycles. The lowest BCUT2D eigenvalue weighted by molar-refractivity contribution is -0.137. The minimum absolute atomic E-state index is 0.0720. The lowest BCUT2D eigenvalue weighted by Crippen LogP contribution is -2.04. The van der Waals surface area contributed by atoms with Crippen LogP contribution >= 0.6 is 11.6 Å². The summed E-state index contributed by atoms with van der Waals surface area (Å²) in [6.45, 7) is 6.73. The number of carboxylic acid groups (broad SMARTS) is 1. The molecule has 2 aromatic carbocycles. The van der Waals surface area contributed by atoms with Crippen LogP contribution in [0.5, 0.6) is 11.6 Å². The van der Waals surface area contributed by atoms with E-state index < -0.39 is 5.97 Å². The highest BCUT2D eigenvalue weighted by Crippen LogP contribution is 2.33. The summed E-state index contributed by atoms with van der Waals surface area (Å²) in [7, 11) is 0. The van der Waals surface area contributed by atoms with Crippen LogP contribution in [-0.4, -0.2) is 39.2 Å². The predicted octanol–water partition coefficient (Wildman–Crippen LogP) is 6.18. The number of hydrogen-bond donors (Lipinski definition) is 1. The summed E-state index contributed by atoms with van der Waals surface area (Å²) in [5.41, 5.74) is 4.44. The predicted molar refractivity (Wildman–Crippen MR) is 137 cm³/mol.